The van der Waals surface area contributed by atoms with Crippen molar-refractivity contribution in [2.75, 3.05) is 19.8 Å². The van der Waals surface area contributed by atoms with Crippen molar-refractivity contribution in [1.82, 2.24) is 10.6 Å². The van der Waals surface area contributed by atoms with Crippen LogP contribution in [0.3, 0.4) is 0 Å². The van der Waals surface area contributed by atoms with Crippen LogP contribution in [0.1, 0.15) is 201 Å². The van der Waals surface area contributed by atoms with Gasteiger partial charge in [-0.2, -0.15) is 0 Å². The number of esters is 1. The number of ketones is 3. The van der Waals surface area contributed by atoms with E-state index in [1.54, 1.807) is 27.7 Å². The van der Waals surface area contributed by atoms with E-state index in [0.717, 1.165) is 38.5 Å². The summed E-state index contributed by atoms with van der Waals surface area (Å²) >= 11 is 0. The van der Waals surface area contributed by atoms with Crippen LogP contribution < -0.4 is 10.6 Å². The maximum absolute atomic E-state index is 13.0. The van der Waals surface area contributed by atoms with E-state index in [2.05, 4.69) is 16.6 Å². The molecule has 0 aliphatic carbocycles. The second-order valence-electron chi connectivity index (χ2n) is 16.7. The van der Waals surface area contributed by atoms with E-state index in [1.807, 2.05) is 0 Å². The summed E-state index contributed by atoms with van der Waals surface area (Å²) in [6.07, 6.45) is 25.3. The third-order valence-corrected chi connectivity index (χ3v) is 9.80. The van der Waals surface area contributed by atoms with Gasteiger partial charge in [-0.1, -0.05) is 77.0 Å². The van der Waals surface area contributed by atoms with Crippen LogP contribution in [0.2, 0.25) is 0 Å². The lowest BCUT2D eigenvalue weighted by Gasteiger charge is -2.23. The molecule has 332 valence electrons. The fraction of sp³-hybridized carbons (Fsp3) is 0.804. The van der Waals surface area contributed by atoms with Gasteiger partial charge in [0.1, 0.15) is 17.2 Å². The third kappa shape index (κ3) is 35.6. The topological polar surface area (TPSA) is 182 Å². The minimum atomic E-state index is -0.958. The third-order valence-electron chi connectivity index (χ3n) is 9.80. The Balaban J connectivity index is 4.52. The van der Waals surface area contributed by atoms with Crippen molar-refractivity contribution in [3.8, 4) is 12.3 Å². The smallest absolute Gasteiger partial charge is 0.309 e. The summed E-state index contributed by atoms with van der Waals surface area (Å²) < 4.78 is 10.9. The molecule has 12 nitrogen and oxygen atoms in total. The van der Waals surface area contributed by atoms with Crippen LogP contribution in [0.4, 0.5) is 0 Å². The second kappa shape index (κ2) is 35.4. The van der Waals surface area contributed by atoms with Gasteiger partial charge in [-0.25, -0.2) is 0 Å². The van der Waals surface area contributed by atoms with Gasteiger partial charge in [0.05, 0.1) is 25.0 Å². The standard InChI is InChI=1S/C46H78N2O10/c1-6-7-29-43(53)48-40(41(51)28-24-34-57-35-32-44(54)55)27-22-23-33-47-42(52)31-30-38(45(56)58-46(3,4)5)36-39(50)26-21-19-17-15-13-11-9-8-10-12-14-16-18-20-25-37(2)49/h1,38,40H,7-36H2,2-5H3,(H,47,52)(H,48,53)(H,54,55)/t38-,40+/m1/s1. The second-order valence-corrected chi connectivity index (χ2v) is 16.7. The number of hydrogen-bond donors (Lipinski definition) is 3. The molecule has 0 spiro atoms. The molecule has 0 aromatic heterocycles. The molecule has 2 amide bonds. The van der Waals surface area contributed by atoms with E-state index in [4.69, 9.17) is 21.0 Å². The quantitative estimate of drug-likeness (QED) is 0.0309. The number of Topliss-reactive ketones (excluding diaryl/α,β-unsaturated/α-hetero) is 3. The molecule has 0 aromatic carbocycles. The highest BCUT2D eigenvalue weighted by Gasteiger charge is 2.28. The Morgan fingerprint density at radius 1 is 0.638 bits per heavy atom. The van der Waals surface area contributed by atoms with Gasteiger partial charge in [0.2, 0.25) is 11.8 Å². The van der Waals surface area contributed by atoms with Crippen molar-refractivity contribution < 1.29 is 48.1 Å². The Bertz CT molecular complexity index is 1240. The minimum Gasteiger partial charge on any atom is -0.481 e. The molecule has 58 heavy (non-hydrogen) atoms. The Morgan fingerprint density at radius 3 is 1.74 bits per heavy atom. The normalized spacial score (nSPS) is 12.3. The number of rotatable bonds is 39. The summed E-state index contributed by atoms with van der Waals surface area (Å²) in [4.78, 5) is 85.5. The largest absolute Gasteiger partial charge is 0.481 e. The minimum absolute atomic E-state index is 0.0105. The first-order valence-electron chi connectivity index (χ1n) is 22.2. The molecular weight excluding hydrogens is 741 g/mol. The van der Waals surface area contributed by atoms with Gasteiger partial charge < -0.3 is 30.0 Å². The summed E-state index contributed by atoms with van der Waals surface area (Å²) in [5.41, 5.74) is -0.714. The van der Waals surface area contributed by atoms with Gasteiger partial charge in [-0.3, -0.25) is 28.8 Å². The first-order valence-corrected chi connectivity index (χ1v) is 22.2. The van der Waals surface area contributed by atoms with E-state index in [-0.39, 0.29) is 87.3 Å². The Kier molecular flexibility index (Phi) is 33.2. The van der Waals surface area contributed by atoms with Gasteiger partial charge >= 0.3 is 11.9 Å². The molecule has 0 aromatic rings. The average molecular weight is 819 g/mol. The average Bonchev–Trinajstić information content (AvgIpc) is 3.15. The Hall–Kier alpha value is -3.59. The molecule has 0 heterocycles. The summed E-state index contributed by atoms with van der Waals surface area (Å²) in [6.45, 7) is 7.64. The number of unbranched alkanes of at least 4 members (excludes halogenated alkanes) is 14. The fourth-order valence-electron chi connectivity index (χ4n) is 6.53. The van der Waals surface area contributed by atoms with Crippen LogP contribution in [-0.4, -0.2) is 77.6 Å². The molecule has 0 saturated carbocycles. The first-order chi connectivity index (χ1) is 27.6. The van der Waals surface area contributed by atoms with Crippen LogP contribution in [0, 0.1) is 18.3 Å². The lowest BCUT2D eigenvalue weighted by Crippen LogP contribution is -2.41. The lowest BCUT2D eigenvalue weighted by molar-refractivity contribution is -0.161. The van der Waals surface area contributed by atoms with Crippen LogP contribution >= 0.6 is 0 Å². The van der Waals surface area contributed by atoms with E-state index in [1.165, 1.54) is 51.4 Å². The SMILES string of the molecule is C#CCCC(=O)N[C@@H](CCCCNC(=O)CC[C@H](CC(=O)CCCCCCCCCCCCCCCCC(C)=O)C(=O)OC(C)(C)C)C(=O)CCCOCCC(=O)O. The Labute approximate surface area is 349 Å². The highest BCUT2D eigenvalue weighted by molar-refractivity contribution is 5.89. The summed E-state index contributed by atoms with van der Waals surface area (Å²) in [6, 6.07) is -0.704. The molecule has 0 radical (unpaired) electrons. The lowest BCUT2D eigenvalue weighted by atomic mass is 9.94. The number of carbonyl (C=O) groups is 7. The monoisotopic (exact) mass is 819 g/mol. The number of hydrogen-bond acceptors (Lipinski definition) is 9. The van der Waals surface area contributed by atoms with Crippen LogP contribution in [0.15, 0.2) is 0 Å². The zero-order valence-electron chi connectivity index (χ0n) is 36.6. The summed E-state index contributed by atoms with van der Waals surface area (Å²) in [7, 11) is 0. The first kappa shape index (κ1) is 54.4. The predicted molar refractivity (Wildman–Crippen MR) is 227 cm³/mol. The number of amides is 2. The molecule has 0 rings (SSSR count). The number of nitrogens with one attached hydrogen (secondary N) is 2. The number of ether oxygens (including phenoxy) is 2. The number of aliphatic carboxylic acids is 1. The maximum atomic E-state index is 13.0. The van der Waals surface area contributed by atoms with Crippen LogP contribution in [-0.2, 0) is 43.0 Å². The maximum Gasteiger partial charge on any atom is 0.309 e. The van der Waals surface area contributed by atoms with Crippen LogP contribution in [0.5, 0.6) is 0 Å². The Morgan fingerprint density at radius 2 is 1.21 bits per heavy atom. The number of terminal acetylenes is 1. The van der Waals surface area contributed by atoms with Gasteiger partial charge in [-0.05, 0) is 72.6 Å². The molecule has 3 N–H and O–H groups in total. The van der Waals surface area contributed by atoms with Crippen molar-refractivity contribution >= 4 is 41.1 Å². The molecule has 0 fully saturated rings. The van der Waals surface area contributed by atoms with Gasteiger partial charge in [0.15, 0.2) is 5.78 Å². The van der Waals surface area contributed by atoms with Gasteiger partial charge in [0.25, 0.3) is 0 Å². The van der Waals surface area contributed by atoms with Crippen molar-refractivity contribution in [2.45, 2.75) is 213 Å². The van der Waals surface area contributed by atoms with E-state index >= 15 is 0 Å². The highest BCUT2D eigenvalue weighted by Crippen LogP contribution is 2.21. The molecule has 12 heteroatoms. The van der Waals surface area contributed by atoms with Crippen molar-refractivity contribution in [2.24, 2.45) is 5.92 Å². The van der Waals surface area contributed by atoms with Crippen molar-refractivity contribution in [3.63, 3.8) is 0 Å². The van der Waals surface area contributed by atoms with E-state index in [9.17, 15) is 33.6 Å². The molecule has 2 atom stereocenters. The number of carbonyl (C=O) groups excluding carboxylic acids is 6. The predicted octanol–water partition coefficient (Wildman–Crippen LogP) is 8.54. The van der Waals surface area contributed by atoms with Crippen LogP contribution in [0.25, 0.3) is 0 Å². The summed E-state index contributed by atoms with van der Waals surface area (Å²) in [5.74, 6) is -0.113. The molecule has 0 unspecified atom stereocenters. The molecule has 0 bridgehead atoms. The number of carboxylic acid groups (broad SMARTS) is 1. The highest BCUT2D eigenvalue weighted by atomic mass is 16.6. The molecule has 0 aliphatic rings. The van der Waals surface area contributed by atoms with Crippen molar-refractivity contribution in [3.05, 3.63) is 0 Å². The van der Waals surface area contributed by atoms with E-state index < -0.39 is 29.5 Å². The van der Waals surface area contributed by atoms with Gasteiger partial charge in [-0.15, -0.1) is 12.3 Å². The summed E-state index contributed by atoms with van der Waals surface area (Å²) in [5, 5.41) is 14.3. The zero-order chi connectivity index (χ0) is 43.4. The molecular formula is C46H78N2O10. The fourth-order valence-corrected chi connectivity index (χ4v) is 6.53. The van der Waals surface area contributed by atoms with Gasteiger partial charge in [0, 0.05) is 58.1 Å². The molecule has 0 aliphatic heterocycles. The number of carboxylic acids is 1. The molecule has 0 saturated heterocycles. The van der Waals surface area contributed by atoms with E-state index in [0.29, 0.717) is 45.1 Å². The van der Waals surface area contributed by atoms with Crippen molar-refractivity contribution in [1.29, 1.82) is 0 Å². The zero-order valence-corrected chi connectivity index (χ0v) is 36.6.